The molecule has 114 valence electrons. The van der Waals surface area contributed by atoms with Crippen LogP contribution in [0.3, 0.4) is 0 Å². The van der Waals surface area contributed by atoms with Crippen LogP contribution in [0.1, 0.15) is 13.3 Å². The summed E-state index contributed by atoms with van der Waals surface area (Å²) in [6, 6.07) is 0. The second kappa shape index (κ2) is 9.90. The van der Waals surface area contributed by atoms with Gasteiger partial charge in [0, 0.05) is 13.0 Å². The number of hydrogen-bond acceptors (Lipinski definition) is 5. The molecule has 1 N–H and O–H groups in total. The van der Waals surface area contributed by atoms with Crippen molar-refractivity contribution in [1.82, 2.24) is 5.32 Å². The SMILES string of the molecule is C=CC(=O)NCCC[N+](C)(C)CC.COS(=O)(=O)[O-]. The number of nitrogens with one attached hydrogen (secondary N) is 1. The normalized spacial score (nSPS) is 11.2. The Bertz CT molecular complexity index is 365. The van der Waals surface area contributed by atoms with Crippen LogP contribution in [-0.2, 0) is 19.4 Å². The van der Waals surface area contributed by atoms with Gasteiger partial charge in [0.05, 0.1) is 34.3 Å². The van der Waals surface area contributed by atoms with E-state index in [0.717, 1.165) is 37.6 Å². The van der Waals surface area contributed by atoms with E-state index in [-0.39, 0.29) is 5.91 Å². The van der Waals surface area contributed by atoms with Crippen LogP contribution in [0.5, 0.6) is 0 Å². The minimum atomic E-state index is -4.41. The first kappa shape index (κ1) is 20.4. The third-order valence-corrected chi connectivity index (χ3v) is 2.89. The number of amides is 1. The molecule has 0 fully saturated rings. The lowest BCUT2D eigenvalue weighted by Crippen LogP contribution is -2.41. The molecule has 19 heavy (non-hydrogen) atoms. The Morgan fingerprint density at radius 1 is 1.47 bits per heavy atom. The van der Waals surface area contributed by atoms with Crippen molar-refractivity contribution in [3.63, 3.8) is 0 Å². The molecule has 0 rings (SSSR count). The Hall–Kier alpha value is -0.960. The highest BCUT2D eigenvalue weighted by molar-refractivity contribution is 7.80. The molecule has 0 aromatic heterocycles. The van der Waals surface area contributed by atoms with Gasteiger partial charge in [0.25, 0.3) is 0 Å². The molecule has 0 spiro atoms. The summed E-state index contributed by atoms with van der Waals surface area (Å²) in [5, 5.41) is 2.76. The fourth-order valence-electron chi connectivity index (χ4n) is 0.949. The lowest BCUT2D eigenvalue weighted by atomic mass is 10.3. The van der Waals surface area contributed by atoms with Gasteiger partial charge in [-0.1, -0.05) is 6.58 Å². The van der Waals surface area contributed by atoms with Crippen LogP contribution in [0.25, 0.3) is 0 Å². The molecule has 0 aliphatic carbocycles. The van der Waals surface area contributed by atoms with Gasteiger partial charge in [-0.05, 0) is 13.0 Å². The molecular formula is C11H24N2O5S. The van der Waals surface area contributed by atoms with E-state index < -0.39 is 10.4 Å². The van der Waals surface area contributed by atoms with E-state index in [1.807, 2.05) is 0 Å². The zero-order valence-corrected chi connectivity index (χ0v) is 12.8. The van der Waals surface area contributed by atoms with Gasteiger partial charge in [0.1, 0.15) is 0 Å². The second-order valence-electron chi connectivity index (χ2n) is 4.40. The molecule has 0 aliphatic heterocycles. The summed E-state index contributed by atoms with van der Waals surface area (Å²) in [5.41, 5.74) is 0. The molecule has 0 saturated carbocycles. The van der Waals surface area contributed by atoms with Gasteiger partial charge in [0.2, 0.25) is 16.3 Å². The summed E-state index contributed by atoms with van der Waals surface area (Å²) in [4.78, 5) is 10.8. The Morgan fingerprint density at radius 2 is 1.95 bits per heavy atom. The van der Waals surface area contributed by atoms with Crippen molar-refractivity contribution in [2.75, 3.05) is 40.8 Å². The molecule has 7 nitrogen and oxygen atoms in total. The molecular weight excluding hydrogens is 272 g/mol. The van der Waals surface area contributed by atoms with Gasteiger partial charge in [-0.15, -0.1) is 0 Å². The average molecular weight is 296 g/mol. The van der Waals surface area contributed by atoms with Crippen molar-refractivity contribution >= 4 is 16.3 Å². The van der Waals surface area contributed by atoms with Gasteiger partial charge >= 0.3 is 0 Å². The summed E-state index contributed by atoms with van der Waals surface area (Å²) >= 11 is 0. The van der Waals surface area contributed by atoms with Crippen molar-refractivity contribution in [3.05, 3.63) is 12.7 Å². The molecule has 0 atom stereocenters. The molecule has 0 aliphatic rings. The first-order valence-electron chi connectivity index (χ1n) is 5.81. The monoisotopic (exact) mass is 296 g/mol. The van der Waals surface area contributed by atoms with Crippen molar-refractivity contribution in [2.45, 2.75) is 13.3 Å². The minimum Gasteiger partial charge on any atom is -0.726 e. The van der Waals surface area contributed by atoms with E-state index in [1.165, 1.54) is 6.08 Å². The summed E-state index contributed by atoms with van der Waals surface area (Å²) in [7, 11) is 0.775. The summed E-state index contributed by atoms with van der Waals surface area (Å²) in [5.74, 6) is -0.0817. The van der Waals surface area contributed by atoms with Gasteiger partial charge in [-0.25, -0.2) is 8.42 Å². The molecule has 0 aromatic rings. The third kappa shape index (κ3) is 17.0. The number of quaternary nitrogens is 1. The van der Waals surface area contributed by atoms with Crippen molar-refractivity contribution in [2.24, 2.45) is 0 Å². The fraction of sp³-hybridized carbons (Fsp3) is 0.727. The van der Waals surface area contributed by atoms with E-state index in [0.29, 0.717) is 0 Å². The van der Waals surface area contributed by atoms with Crippen molar-refractivity contribution in [3.8, 4) is 0 Å². The van der Waals surface area contributed by atoms with E-state index >= 15 is 0 Å². The Kier molecular flexibility index (Phi) is 10.6. The molecule has 0 radical (unpaired) electrons. The first-order chi connectivity index (χ1) is 8.58. The average Bonchev–Trinajstić information content (AvgIpc) is 2.34. The van der Waals surface area contributed by atoms with Crippen LogP contribution >= 0.6 is 0 Å². The maximum absolute atomic E-state index is 10.8. The maximum atomic E-state index is 10.8. The number of carbonyl (C=O) groups is 1. The zero-order valence-electron chi connectivity index (χ0n) is 12.0. The molecule has 0 heterocycles. The van der Waals surface area contributed by atoms with Gasteiger partial charge < -0.3 is 14.4 Å². The van der Waals surface area contributed by atoms with E-state index in [2.05, 4.69) is 37.1 Å². The summed E-state index contributed by atoms with van der Waals surface area (Å²) < 4.78 is 32.0. The summed E-state index contributed by atoms with van der Waals surface area (Å²) in [6.07, 6.45) is 2.32. The lowest BCUT2D eigenvalue weighted by Gasteiger charge is -2.28. The highest BCUT2D eigenvalue weighted by Crippen LogP contribution is 1.96. The van der Waals surface area contributed by atoms with Gasteiger partial charge in [0.15, 0.2) is 0 Å². The number of hydrogen-bond donors (Lipinski definition) is 1. The van der Waals surface area contributed by atoms with Crippen molar-refractivity contribution < 1.29 is 26.4 Å². The topological polar surface area (TPSA) is 95.5 Å². The molecule has 0 unspecified atom stereocenters. The van der Waals surface area contributed by atoms with Gasteiger partial charge in [-0.2, -0.15) is 0 Å². The third-order valence-electron chi connectivity index (χ3n) is 2.49. The molecule has 0 aromatic carbocycles. The maximum Gasteiger partial charge on any atom is 0.243 e. The highest BCUT2D eigenvalue weighted by Gasteiger charge is 2.10. The van der Waals surface area contributed by atoms with Crippen LogP contribution in [0.2, 0.25) is 0 Å². The van der Waals surface area contributed by atoms with E-state index in [4.69, 9.17) is 0 Å². The number of rotatable bonds is 7. The number of carbonyl (C=O) groups excluding carboxylic acids is 1. The largest absolute Gasteiger partial charge is 0.726 e. The molecule has 0 bridgehead atoms. The van der Waals surface area contributed by atoms with Crippen LogP contribution in [0.15, 0.2) is 12.7 Å². The van der Waals surface area contributed by atoms with Crippen molar-refractivity contribution in [1.29, 1.82) is 0 Å². The first-order valence-corrected chi connectivity index (χ1v) is 7.15. The predicted octanol–water partition coefficient (Wildman–Crippen LogP) is -0.132. The molecule has 8 heteroatoms. The zero-order chi connectivity index (χ0) is 15.5. The molecule has 1 amide bonds. The Balaban J connectivity index is 0. The smallest absolute Gasteiger partial charge is 0.243 e. The van der Waals surface area contributed by atoms with Crippen LogP contribution in [0, 0.1) is 0 Å². The van der Waals surface area contributed by atoms with E-state index in [9.17, 15) is 17.8 Å². The van der Waals surface area contributed by atoms with Crippen LogP contribution in [-0.4, -0.2) is 64.2 Å². The Labute approximate surface area is 115 Å². The number of nitrogens with zero attached hydrogens (tertiary/aromatic N) is 1. The quantitative estimate of drug-likeness (QED) is 0.232. The predicted molar refractivity (Wildman–Crippen MR) is 72.0 cm³/mol. The lowest BCUT2D eigenvalue weighted by molar-refractivity contribution is -0.888. The fourth-order valence-corrected chi connectivity index (χ4v) is 0.949. The van der Waals surface area contributed by atoms with Crippen LogP contribution < -0.4 is 5.32 Å². The second-order valence-corrected chi connectivity index (χ2v) is 5.55. The molecule has 0 saturated heterocycles. The minimum absolute atomic E-state index is 0.0817. The van der Waals surface area contributed by atoms with E-state index in [1.54, 1.807) is 0 Å². The summed E-state index contributed by atoms with van der Waals surface area (Å²) in [6.45, 7) is 8.51. The highest BCUT2D eigenvalue weighted by atomic mass is 32.3. The van der Waals surface area contributed by atoms with Crippen LogP contribution in [0.4, 0.5) is 0 Å². The standard InChI is InChI=1S/C10H20N2O.CH4O4S/c1-5-10(13)11-8-7-9-12(3,4)6-2;1-5-6(2,3)4/h5H,1,6-9H2,2-4H3;1H3,(H,2,3,4). The van der Waals surface area contributed by atoms with Gasteiger partial charge in [-0.3, -0.25) is 8.98 Å². The Morgan fingerprint density at radius 3 is 2.26 bits per heavy atom.